The molecule has 1 heterocycles. The fraction of sp³-hybridized carbons (Fsp3) is 0.158. The van der Waals surface area contributed by atoms with E-state index in [-0.39, 0.29) is 11.5 Å². The number of rotatable bonds is 4. The van der Waals surface area contributed by atoms with Gasteiger partial charge >= 0.3 is 5.97 Å². The maximum Gasteiger partial charge on any atom is 0.346 e. The maximum absolute atomic E-state index is 12.4. The molecular formula is C19H15ClO5. The number of hydrogen-bond acceptors (Lipinski definition) is 5. The normalized spacial score (nSPS) is 15.5. The quantitative estimate of drug-likeness (QED) is 0.612. The number of hydrogen-bond donors (Lipinski definition) is 0. The van der Waals surface area contributed by atoms with E-state index in [0.29, 0.717) is 22.1 Å². The summed E-state index contributed by atoms with van der Waals surface area (Å²) in [5.41, 5.74) is 1.25. The van der Waals surface area contributed by atoms with E-state index in [0.717, 1.165) is 5.56 Å². The molecule has 5 nitrogen and oxygen atoms in total. The van der Waals surface area contributed by atoms with E-state index in [2.05, 4.69) is 4.74 Å². The molecule has 1 aliphatic rings. The van der Waals surface area contributed by atoms with Gasteiger partial charge in [-0.2, -0.15) is 0 Å². The molecule has 25 heavy (non-hydrogen) atoms. The molecule has 0 aromatic heterocycles. The summed E-state index contributed by atoms with van der Waals surface area (Å²) in [4.78, 5) is 23.9. The molecule has 6 heteroatoms. The summed E-state index contributed by atoms with van der Waals surface area (Å²) in [6.45, 7) is 1.58. The van der Waals surface area contributed by atoms with Gasteiger partial charge in [0.2, 0.25) is 5.78 Å². The number of fused-ring (bicyclic) bond motifs is 1. The van der Waals surface area contributed by atoms with Crippen LogP contribution < -0.4 is 9.47 Å². The highest BCUT2D eigenvalue weighted by molar-refractivity contribution is 6.30. The summed E-state index contributed by atoms with van der Waals surface area (Å²) in [7, 11) is 1.29. The molecule has 0 aliphatic carbocycles. The largest absolute Gasteiger partial charge is 0.479 e. The summed E-state index contributed by atoms with van der Waals surface area (Å²) < 4.78 is 15.8. The molecule has 2 aromatic rings. The van der Waals surface area contributed by atoms with Crippen LogP contribution in [0, 0.1) is 0 Å². The van der Waals surface area contributed by atoms with E-state index in [4.69, 9.17) is 21.1 Å². The van der Waals surface area contributed by atoms with E-state index in [9.17, 15) is 9.59 Å². The predicted octanol–water partition coefficient (Wildman–Crippen LogP) is 3.90. The topological polar surface area (TPSA) is 61.8 Å². The molecule has 2 aromatic carbocycles. The lowest BCUT2D eigenvalue weighted by atomic mass is 10.1. The maximum atomic E-state index is 12.4. The Balaban J connectivity index is 1.81. The first-order valence-electron chi connectivity index (χ1n) is 7.56. The molecule has 0 amide bonds. The predicted molar refractivity (Wildman–Crippen MR) is 92.9 cm³/mol. The van der Waals surface area contributed by atoms with Crippen LogP contribution in [0.2, 0.25) is 5.02 Å². The molecule has 0 radical (unpaired) electrons. The fourth-order valence-corrected chi connectivity index (χ4v) is 2.50. The Morgan fingerprint density at radius 3 is 2.60 bits per heavy atom. The van der Waals surface area contributed by atoms with Crippen LogP contribution in [-0.2, 0) is 9.53 Å². The summed E-state index contributed by atoms with van der Waals surface area (Å²) in [5.74, 6) is 0.325. The number of ether oxygens (including phenoxy) is 3. The van der Waals surface area contributed by atoms with Crippen molar-refractivity contribution in [2.75, 3.05) is 7.11 Å². The molecule has 3 rings (SSSR count). The van der Waals surface area contributed by atoms with Crippen LogP contribution >= 0.6 is 11.6 Å². The highest BCUT2D eigenvalue weighted by Crippen LogP contribution is 2.35. The van der Waals surface area contributed by atoms with Gasteiger partial charge in [-0.1, -0.05) is 23.7 Å². The smallest absolute Gasteiger partial charge is 0.346 e. The zero-order valence-corrected chi connectivity index (χ0v) is 14.4. The van der Waals surface area contributed by atoms with E-state index in [1.807, 2.05) is 0 Å². The number of carbonyl (C=O) groups excluding carboxylic acids is 2. The third-order valence-corrected chi connectivity index (χ3v) is 3.91. The van der Waals surface area contributed by atoms with Crippen molar-refractivity contribution in [2.45, 2.75) is 13.0 Å². The van der Waals surface area contributed by atoms with Crippen molar-refractivity contribution in [2.24, 2.45) is 0 Å². The van der Waals surface area contributed by atoms with Crippen molar-refractivity contribution in [1.82, 2.24) is 0 Å². The van der Waals surface area contributed by atoms with Gasteiger partial charge in [0.1, 0.15) is 11.5 Å². The third kappa shape index (κ3) is 3.67. The first-order valence-corrected chi connectivity index (χ1v) is 7.94. The van der Waals surface area contributed by atoms with Crippen LogP contribution in [0.15, 0.2) is 48.2 Å². The van der Waals surface area contributed by atoms with Crippen LogP contribution in [0.5, 0.6) is 11.5 Å². The SMILES string of the molecule is COC(=O)[C@H](C)Oc1ccc2c(c1)O/C(=C\c1ccc(Cl)cc1)C2=O. The zero-order valence-electron chi connectivity index (χ0n) is 13.6. The van der Waals surface area contributed by atoms with Gasteiger partial charge in [0.05, 0.1) is 12.7 Å². The lowest BCUT2D eigenvalue weighted by molar-refractivity contribution is -0.147. The summed E-state index contributed by atoms with van der Waals surface area (Å²) in [5, 5.41) is 0.616. The number of benzene rings is 2. The highest BCUT2D eigenvalue weighted by atomic mass is 35.5. The summed E-state index contributed by atoms with van der Waals surface area (Å²) >= 11 is 5.86. The Bertz CT molecular complexity index is 855. The molecule has 0 saturated carbocycles. The Kier molecular flexibility index (Phi) is 4.76. The van der Waals surface area contributed by atoms with E-state index in [1.54, 1.807) is 55.5 Å². The first-order chi connectivity index (χ1) is 12.0. The third-order valence-electron chi connectivity index (χ3n) is 3.66. The molecule has 0 N–H and O–H groups in total. The minimum absolute atomic E-state index is 0.211. The van der Waals surface area contributed by atoms with Gasteiger partial charge < -0.3 is 14.2 Å². The van der Waals surface area contributed by atoms with Crippen LogP contribution in [0.3, 0.4) is 0 Å². The van der Waals surface area contributed by atoms with Gasteiger partial charge in [-0.3, -0.25) is 4.79 Å². The van der Waals surface area contributed by atoms with Crippen molar-refractivity contribution >= 4 is 29.4 Å². The molecule has 128 valence electrons. The van der Waals surface area contributed by atoms with Crippen LogP contribution in [-0.4, -0.2) is 25.0 Å². The average Bonchev–Trinajstić information content (AvgIpc) is 2.91. The first kappa shape index (κ1) is 17.0. The molecule has 1 atom stereocenters. The average molecular weight is 359 g/mol. The Hall–Kier alpha value is -2.79. The molecule has 0 saturated heterocycles. The lowest BCUT2D eigenvalue weighted by Gasteiger charge is -2.12. The number of esters is 1. The van der Waals surface area contributed by atoms with Crippen molar-refractivity contribution in [3.63, 3.8) is 0 Å². The number of halogens is 1. The van der Waals surface area contributed by atoms with E-state index in [1.165, 1.54) is 7.11 Å². The van der Waals surface area contributed by atoms with Crippen molar-refractivity contribution in [3.05, 3.63) is 64.4 Å². The monoisotopic (exact) mass is 358 g/mol. The summed E-state index contributed by atoms with van der Waals surface area (Å²) in [6, 6.07) is 11.9. The zero-order chi connectivity index (χ0) is 18.0. The van der Waals surface area contributed by atoms with Crippen LogP contribution in [0.4, 0.5) is 0 Å². The molecule has 0 spiro atoms. The van der Waals surface area contributed by atoms with Crippen LogP contribution in [0.1, 0.15) is 22.8 Å². The van der Waals surface area contributed by atoms with E-state index >= 15 is 0 Å². The standard InChI is InChI=1S/C19H15ClO5/c1-11(19(22)23-2)24-14-7-8-15-16(10-14)25-17(18(15)21)9-12-3-5-13(20)6-4-12/h3-11H,1-2H3/b17-9-/t11-/m0/s1. The van der Waals surface area contributed by atoms with Crippen LogP contribution in [0.25, 0.3) is 6.08 Å². The van der Waals surface area contributed by atoms with Gasteiger partial charge in [-0.25, -0.2) is 4.79 Å². The molecule has 0 fully saturated rings. The molecular weight excluding hydrogens is 344 g/mol. The number of Topliss-reactive ketones (excluding diaryl/α,β-unsaturated/α-hetero) is 1. The minimum Gasteiger partial charge on any atom is -0.479 e. The fourth-order valence-electron chi connectivity index (χ4n) is 2.37. The number of allylic oxidation sites excluding steroid dienone is 1. The number of methoxy groups -OCH3 is 1. The molecule has 0 bridgehead atoms. The second-order valence-electron chi connectivity index (χ2n) is 5.43. The van der Waals surface area contributed by atoms with Gasteiger partial charge in [0.25, 0.3) is 0 Å². The Labute approximate surface area is 149 Å². The van der Waals surface area contributed by atoms with Crippen molar-refractivity contribution in [1.29, 1.82) is 0 Å². The van der Waals surface area contributed by atoms with Gasteiger partial charge in [0, 0.05) is 11.1 Å². The second-order valence-corrected chi connectivity index (χ2v) is 5.87. The molecule has 1 aliphatic heterocycles. The Morgan fingerprint density at radius 1 is 1.20 bits per heavy atom. The second kappa shape index (κ2) is 6.99. The summed E-state index contributed by atoms with van der Waals surface area (Å²) in [6.07, 6.45) is 0.889. The van der Waals surface area contributed by atoms with Crippen molar-refractivity contribution < 1.29 is 23.8 Å². The van der Waals surface area contributed by atoms with E-state index < -0.39 is 12.1 Å². The molecule has 0 unspecified atom stereocenters. The van der Waals surface area contributed by atoms with Gasteiger partial charge in [0.15, 0.2) is 11.9 Å². The highest BCUT2D eigenvalue weighted by Gasteiger charge is 2.28. The Morgan fingerprint density at radius 2 is 1.92 bits per heavy atom. The van der Waals surface area contributed by atoms with Crippen molar-refractivity contribution in [3.8, 4) is 11.5 Å². The van der Waals surface area contributed by atoms with Gasteiger partial charge in [-0.05, 0) is 42.8 Å². The minimum atomic E-state index is -0.760. The van der Waals surface area contributed by atoms with Gasteiger partial charge in [-0.15, -0.1) is 0 Å². The lowest BCUT2D eigenvalue weighted by Crippen LogP contribution is -2.24. The number of ketones is 1. The number of carbonyl (C=O) groups is 2.